The number of thioether (sulfide) groups is 1. The third kappa shape index (κ3) is 3.45. The lowest BCUT2D eigenvalue weighted by Gasteiger charge is -2.23. The monoisotopic (exact) mass is 374 g/mol. The van der Waals surface area contributed by atoms with E-state index in [9.17, 15) is 9.90 Å². The fourth-order valence-electron chi connectivity index (χ4n) is 2.57. The molecular formula is C18H15BrO2S. The molecule has 0 amide bonds. The van der Waals surface area contributed by atoms with E-state index in [1.165, 1.54) is 11.8 Å². The van der Waals surface area contributed by atoms with E-state index in [0.717, 1.165) is 14.9 Å². The second-order valence-electron chi connectivity index (χ2n) is 5.27. The van der Waals surface area contributed by atoms with Crippen molar-refractivity contribution < 1.29 is 9.90 Å². The first-order valence-electron chi connectivity index (χ1n) is 7.07. The molecule has 1 aliphatic rings. The average molecular weight is 375 g/mol. The van der Waals surface area contributed by atoms with Crippen molar-refractivity contribution in [1.82, 2.24) is 0 Å². The second-order valence-corrected chi connectivity index (χ2v) is 7.27. The number of allylic oxidation sites excluding steroid dienone is 2. The van der Waals surface area contributed by atoms with Gasteiger partial charge in [0.25, 0.3) is 0 Å². The maximum Gasteiger partial charge on any atom is 0.173 e. The molecule has 0 bridgehead atoms. The van der Waals surface area contributed by atoms with Gasteiger partial charge in [-0.2, -0.15) is 0 Å². The zero-order chi connectivity index (χ0) is 15.5. The Morgan fingerprint density at radius 2 is 1.68 bits per heavy atom. The fourth-order valence-corrected chi connectivity index (χ4v) is 3.74. The van der Waals surface area contributed by atoms with Gasteiger partial charge in [0, 0.05) is 22.2 Å². The van der Waals surface area contributed by atoms with Crippen LogP contribution in [0.3, 0.4) is 0 Å². The van der Waals surface area contributed by atoms with Crippen molar-refractivity contribution in [2.24, 2.45) is 0 Å². The van der Waals surface area contributed by atoms with Crippen LogP contribution in [0.4, 0.5) is 0 Å². The van der Waals surface area contributed by atoms with Crippen LogP contribution in [-0.2, 0) is 4.79 Å². The summed E-state index contributed by atoms with van der Waals surface area (Å²) in [5.74, 6) is 0.298. The van der Waals surface area contributed by atoms with Gasteiger partial charge < -0.3 is 5.11 Å². The molecule has 4 heteroatoms. The molecule has 1 N–H and O–H groups in total. The van der Waals surface area contributed by atoms with Gasteiger partial charge in [-0.3, -0.25) is 4.79 Å². The minimum absolute atomic E-state index is 0.0190. The lowest BCUT2D eigenvalue weighted by atomic mass is 9.86. The summed E-state index contributed by atoms with van der Waals surface area (Å²) < 4.78 is 0.995. The molecule has 2 aromatic rings. The van der Waals surface area contributed by atoms with Gasteiger partial charge in [0.15, 0.2) is 5.78 Å². The fraction of sp³-hybridized carbons (Fsp3) is 0.167. The molecule has 3 rings (SSSR count). The number of hydrogen-bond acceptors (Lipinski definition) is 3. The van der Waals surface area contributed by atoms with Crippen molar-refractivity contribution in [1.29, 1.82) is 0 Å². The number of benzene rings is 2. The maximum atomic E-state index is 12.4. The van der Waals surface area contributed by atoms with Crippen molar-refractivity contribution in [3.8, 4) is 0 Å². The topological polar surface area (TPSA) is 37.3 Å². The van der Waals surface area contributed by atoms with E-state index in [1.54, 1.807) is 0 Å². The number of hydrogen-bond donors (Lipinski definition) is 1. The predicted octanol–water partition coefficient (Wildman–Crippen LogP) is 5.46. The highest BCUT2D eigenvalue weighted by Gasteiger charge is 2.29. The molecule has 0 radical (unpaired) electrons. The van der Waals surface area contributed by atoms with Gasteiger partial charge in [0.2, 0.25) is 0 Å². The molecule has 1 atom stereocenters. The van der Waals surface area contributed by atoms with Gasteiger partial charge in [-0.1, -0.05) is 58.0 Å². The van der Waals surface area contributed by atoms with Crippen LogP contribution in [0.25, 0.3) is 0 Å². The molecule has 2 nitrogen and oxygen atoms in total. The van der Waals surface area contributed by atoms with E-state index in [2.05, 4.69) is 15.9 Å². The van der Waals surface area contributed by atoms with Gasteiger partial charge in [-0.15, -0.1) is 0 Å². The normalized spacial score (nSPS) is 18.6. The number of ketones is 1. The smallest absolute Gasteiger partial charge is 0.173 e. The molecule has 0 aromatic heterocycles. The van der Waals surface area contributed by atoms with E-state index in [-0.39, 0.29) is 17.5 Å². The zero-order valence-electron chi connectivity index (χ0n) is 11.8. The highest BCUT2D eigenvalue weighted by atomic mass is 79.9. The maximum absolute atomic E-state index is 12.4. The Balaban J connectivity index is 1.80. The van der Waals surface area contributed by atoms with E-state index in [4.69, 9.17) is 0 Å². The molecule has 0 spiro atoms. The Hall–Kier alpha value is -1.52. The molecule has 0 saturated heterocycles. The van der Waals surface area contributed by atoms with Crippen LogP contribution >= 0.6 is 27.7 Å². The summed E-state index contributed by atoms with van der Waals surface area (Å²) in [6, 6.07) is 17.6. The van der Waals surface area contributed by atoms with Gasteiger partial charge in [0.05, 0.1) is 4.91 Å². The Morgan fingerprint density at radius 3 is 2.32 bits per heavy atom. The SMILES string of the molecule is O=C1CC(c2ccccc2)CC(O)=C1Sc1ccc(Br)cc1. The number of Topliss-reactive ketones (excluding diaryl/α,β-unsaturated/α-hetero) is 1. The van der Waals surface area contributed by atoms with Crippen LogP contribution in [0, 0.1) is 0 Å². The van der Waals surface area contributed by atoms with Crippen LogP contribution in [0.1, 0.15) is 24.3 Å². The Labute approximate surface area is 142 Å². The van der Waals surface area contributed by atoms with Gasteiger partial charge in [-0.05, 0) is 35.7 Å². The largest absolute Gasteiger partial charge is 0.511 e. The number of halogens is 1. The molecule has 22 heavy (non-hydrogen) atoms. The molecule has 0 heterocycles. The summed E-state index contributed by atoms with van der Waals surface area (Å²) in [5.41, 5.74) is 1.11. The van der Waals surface area contributed by atoms with E-state index in [0.29, 0.717) is 17.7 Å². The standard InChI is InChI=1S/C18H15BrO2S/c19-14-6-8-15(9-7-14)22-18-16(20)10-13(11-17(18)21)12-4-2-1-3-5-12/h1-9,13,20H,10-11H2. The lowest BCUT2D eigenvalue weighted by molar-refractivity contribution is -0.115. The number of carbonyl (C=O) groups is 1. The first kappa shape index (κ1) is 15.4. The molecule has 2 aromatic carbocycles. The van der Waals surface area contributed by atoms with E-state index in [1.807, 2.05) is 54.6 Å². The highest BCUT2D eigenvalue weighted by molar-refractivity contribution is 9.10. The zero-order valence-corrected chi connectivity index (χ0v) is 14.2. The number of carbonyl (C=O) groups excluding carboxylic acids is 1. The number of aliphatic hydroxyl groups is 1. The summed E-state index contributed by atoms with van der Waals surface area (Å²) in [7, 11) is 0. The third-order valence-corrected chi connectivity index (χ3v) is 5.40. The van der Waals surface area contributed by atoms with Crippen molar-refractivity contribution in [3.05, 3.63) is 75.3 Å². The van der Waals surface area contributed by atoms with E-state index >= 15 is 0 Å². The van der Waals surface area contributed by atoms with Crippen LogP contribution < -0.4 is 0 Å². The minimum atomic E-state index is 0.0190. The molecule has 0 aliphatic heterocycles. The Kier molecular flexibility index (Phi) is 4.69. The third-order valence-electron chi connectivity index (χ3n) is 3.69. The molecule has 1 aliphatic carbocycles. The van der Waals surface area contributed by atoms with Crippen LogP contribution in [0.2, 0.25) is 0 Å². The quantitative estimate of drug-likeness (QED) is 0.774. The number of rotatable bonds is 3. The second kappa shape index (κ2) is 6.71. The first-order valence-corrected chi connectivity index (χ1v) is 8.68. The minimum Gasteiger partial charge on any atom is -0.511 e. The Bertz CT molecular complexity index is 708. The predicted molar refractivity (Wildman–Crippen MR) is 93.1 cm³/mol. The van der Waals surface area contributed by atoms with Gasteiger partial charge in [-0.25, -0.2) is 0 Å². The van der Waals surface area contributed by atoms with Crippen molar-refractivity contribution in [2.75, 3.05) is 0 Å². The summed E-state index contributed by atoms with van der Waals surface area (Å²) in [6.45, 7) is 0. The molecule has 112 valence electrons. The van der Waals surface area contributed by atoms with E-state index < -0.39 is 0 Å². The lowest BCUT2D eigenvalue weighted by Crippen LogP contribution is -2.16. The summed E-state index contributed by atoms with van der Waals surface area (Å²) >= 11 is 4.74. The molecular weight excluding hydrogens is 360 g/mol. The van der Waals surface area contributed by atoms with Crippen LogP contribution in [-0.4, -0.2) is 10.9 Å². The van der Waals surface area contributed by atoms with Crippen molar-refractivity contribution in [2.45, 2.75) is 23.7 Å². The van der Waals surface area contributed by atoms with Crippen molar-refractivity contribution >= 4 is 33.5 Å². The summed E-state index contributed by atoms with van der Waals surface area (Å²) in [4.78, 5) is 13.8. The Morgan fingerprint density at radius 1 is 1.00 bits per heavy atom. The number of aliphatic hydroxyl groups excluding tert-OH is 1. The molecule has 1 unspecified atom stereocenters. The van der Waals surface area contributed by atoms with Crippen LogP contribution in [0.5, 0.6) is 0 Å². The van der Waals surface area contributed by atoms with Crippen LogP contribution in [0.15, 0.2) is 74.6 Å². The molecule has 0 saturated carbocycles. The molecule has 0 fully saturated rings. The summed E-state index contributed by atoms with van der Waals surface area (Å²) in [6.07, 6.45) is 0.974. The average Bonchev–Trinajstić information content (AvgIpc) is 2.53. The first-order chi connectivity index (χ1) is 10.6. The van der Waals surface area contributed by atoms with Crippen molar-refractivity contribution in [3.63, 3.8) is 0 Å². The van der Waals surface area contributed by atoms with Gasteiger partial charge >= 0.3 is 0 Å². The highest BCUT2D eigenvalue weighted by Crippen LogP contribution is 2.40. The van der Waals surface area contributed by atoms with Gasteiger partial charge in [0.1, 0.15) is 5.76 Å². The summed E-state index contributed by atoms with van der Waals surface area (Å²) in [5, 5.41) is 10.3.